The number of aromatic nitrogens is 1. The molecule has 2 aromatic rings. The monoisotopic (exact) mass is 190 g/mol. The highest BCUT2D eigenvalue weighted by atomic mass is 16.4. The van der Waals surface area contributed by atoms with Gasteiger partial charge in [-0.05, 0) is 12.1 Å². The molecule has 0 radical (unpaired) electrons. The Morgan fingerprint density at radius 1 is 1.43 bits per heavy atom. The van der Waals surface area contributed by atoms with E-state index >= 15 is 0 Å². The van der Waals surface area contributed by atoms with E-state index in [1.165, 1.54) is 6.07 Å². The van der Waals surface area contributed by atoms with Crippen LogP contribution in [0.3, 0.4) is 0 Å². The second-order valence-electron chi connectivity index (χ2n) is 2.73. The number of rotatable bonds is 1. The summed E-state index contributed by atoms with van der Waals surface area (Å²) in [6.45, 7) is 0. The topological polar surface area (TPSA) is 86.2 Å². The van der Waals surface area contributed by atoms with Gasteiger partial charge in [-0.2, -0.15) is 0 Å². The van der Waals surface area contributed by atoms with E-state index in [1.54, 1.807) is 12.1 Å². The fourth-order valence-corrected chi connectivity index (χ4v) is 1.11. The first kappa shape index (κ1) is 8.43. The molecule has 0 fully saturated rings. The van der Waals surface area contributed by atoms with Crippen molar-refractivity contribution in [1.82, 2.24) is 4.98 Å². The Morgan fingerprint density at radius 2 is 2.21 bits per heavy atom. The number of benzene rings is 1. The van der Waals surface area contributed by atoms with Gasteiger partial charge < -0.3 is 10.2 Å². The Balaban J connectivity index is 2.86. The Morgan fingerprint density at radius 3 is 2.93 bits per heavy atom. The largest absolute Gasteiger partial charge is 0.419 e. The van der Waals surface area contributed by atoms with E-state index in [-0.39, 0.29) is 11.3 Å². The highest BCUT2D eigenvalue weighted by molar-refractivity contribution is 5.79. The molecule has 0 unspecified atom stereocenters. The van der Waals surface area contributed by atoms with Gasteiger partial charge in [0.05, 0.1) is 0 Å². The molecule has 0 saturated heterocycles. The van der Waals surface area contributed by atoms with Crippen LogP contribution in [0.2, 0.25) is 0 Å². The predicted molar refractivity (Wildman–Crippen MR) is 50.1 cm³/mol. The van der Waals surface area contributed by atoms with E-state index < -0.39 is 5.63 Å². The number of nitrogen functional groups attached to an aromatic ring is 1. The van der Waals surface area contributed by atoms with Crippen molar-refractivity contribution in [2.75, 3.05) is 5.73 Å². The molecular formula is C9H6N2O3. The summed E-state index contributed by atoms with van der Waals surface area (Å²) in [7, 11) is 0. The standard InChI is InChI=1S/C9H6N2O3/c10-5-1-2-6-8(3-5)14-9(13)7(4-12)11-6/h1-4H,10H2. The highest BCUT2D eigenvalue weighted by Gasteiger charge is 2.05. The molecule has 2 N–H and O–H groups in total. The van der Waals surface area contributed by atoms with Crippen LogP contribution in [0.4, 0.5) is 5.69 Å². The third kappa shape index (κ3) is 1.24. The number of nitrogens with two attached hydrogens (primary N) is 1. The van der Waals surface area contributed by atoms with Gasteiger partial charge >= 0.3 is 5.63 Å². The van der Waals surface area contributed by atoms with Gasteiger partial charge in [-0.15, -0.1) is 0 Å². The van der Waals surface area contributed by atoms with Crippen LogP contribution in [0.5, 0.6) is 0 Å². The van der Waals surface area contributed by atoms with E-state index in [2.05, 4.69) is 4.98 Å². The van der Waals surface area contributed by atoms with Crippen molar-refractivity contribution in [1.29, 1.82) is 0 Å². The van der Waals surface area contributed by atoms with Crippen molar-refractivity contribution >= 4 is 23.1 Å². The van der Waals surface area contributed by atoms with Crippen molar-refractivity contribution in [2.24, 2.45) is 0 Å². The van der Waals surface area contributed by atoms with Gasteiger partial charge in [0, 0.05) is 11.8 Å². The van der Waals surface area contributed by atoms with Gasteiger partial charge in [0.25, 0.3) is 0 Å². The van der Waals surface area contributed by atoms with Crippen LogP contribution >= 0.6 is 0 Å². The van der Waals surface area contributed by atoms with Crippen LogP contribution < -0.4 is 11.4 Å². The first-order valence-electron chi connectivity index (χ1n) is 3.86. The molecule has 0 amide bonds. The maximum atomic E-state index is 11.1. The van der Waals surface area contributed by atoms with Gasteiger partial charge in [0.15, 0.2) is 17.6 Å². The molecule has 1 aromatic heterocycles. The van der Waals surface area contributed by atoms with Crippen LogP contribution in [0.25, 0.3) is 11.1 Å². The smallest absolute Gasteiger partial charge is 0.365 e. The SMILES string of the molecule is Nc1ccc2nc(C=O)c(=O)oc2c1. The van der Waals surface area contributed by atoms with Gasteiger partial charge in [0.2, 0.25) is 0 Å². The summed E-state index contributed by atoms with van der Waals surface area (Å²) in [4.78, 5) is 25.3. The van der Waals surface area contributed by atoms with Crippen molar-refractivity contribution in [2.45, 2.75) is 0 Å². The molecule has 1 heterocycles. The van der Waals surface area contributed by atoms with Crippen molar-refractivity contribution in [3.05, 3.63) is 34.3 Å². The van der Waals surface area contributed by atoms with Gasteiger partial charge in [-0.3, -0.25) is 4.79 Å². The molecule has 0 bridgehead atoms. The lowest BCUT2D eigenvalue weighted by atomic mass is 10.3. The summed E-state index contributed by atoms with van der Waals surface area (Å²) in [6.07, 6.45) is 0.363. The van der Waals surface area contributed by atoms with Crippen LogP contribution in [-0.2, 0) is 0 Å². The summed E-state index contributed by atoms with van der Waals surface area (Å²) >= 11 is 0. The Bertz CT molecular complexity index is 559. The second-order valence-corrected chi connectivity index (χ2v) is 2.73. The molecular weight excluding hydrogens is 184 g/mol. The van der Waals surface area contributed by atoms with E-state index in [1.807, 2.05) is 0 Å². The summed E-state index contributed by atoms with van der Waals surface area (Å²) in [5, 5.41) is 0. The summed E-state index contributed by atoms with van der Waals surface area (Å²) in [5.41, 5.74) is 5.68. The summed E-state index contributed by atoms with van der Waals surface area (Å²) in [6, 6.07) is 4.68. The quantitative estimate of drug-likeness (QED) is 0.525. The number of hydrogen-bond donors (Lipinski definition) is 1. The Kier molecular flexibility index (Phi) is 1.78. The summed E-state index contributed by atoms with van der Waals surface area (Å²) in [5.74, 6) is 0. The van der Waals surface area contributed by atoms with Crippen molar-refractivity contribution in [3.63, 3.8) is 0 Å². The van der Waals surface area contributed by atoms with Crippen molar-refractivity contribution in [3.8, 4) is 0 Å². The minimum Gasteiger partial charge on any atom is -0.419 e. The lowest BCUT2D eigenvalue weighted by Gasteiger charge is -1.97. The maximum Gasteiger partial charge on any atom is 0.365 e. The maximum absolute atomic E-state index is 11.1. The van der Waals surface area contributed by atoms with Crippen LogP contribution in [0.1, 0.15) is 10.5 Å². The normalized spacial score (nSPS) is 10.3. The minimum absolute atomic E-state index is 0.234. The molecule has 1 aromatic carbocycles. The van der Waals surface area contributed by atoms with E-state index in [9.17, 15) is 9.59 Å². The molecule has 2 rings (SSSR count). The third-order valence-corrected chi connectivity index (χ3v) is 1.75. The number of nitrogens with zero attached hydrogens (tertiary/aromatic N) is 1. The first-order valence-corrected chi connectivity index (χ1v) is 3.86. The molecule has 0 atom stereocenters. The number of carbonyl (C=O) groups is 1. The number of anilines is 1. The molecule has 0 aliphatic rings. The average molecular weight is 190 g/mol. The lowest BCUT2D eigenvalue weighted by Crippen LogP contribution is -2.09. The van der Waals surface area contributed by atoms with Crippen LogP contribution in [0.15, 0.2) is 27.4 Å². The van der Waals surface area contributed by atoms with Crippen molar-refractivity contribution < 1.29 is 9.21 Å². The molecule has 5 nitrogen and oxygen atoms in total. The van der Waals surface area contributed by atoms with Gasteiger partial charge in [-0.25, -0.2) is 9.78 Å². The van der Waals surface area contributed by atoms with E-state index in [0.29, 0.717) is 17.5 Å². The minimum atomic E-state index is -0.752. The zero-order valence-electron chi connectivity index (χ0n) is 7.06. The van der Waals surface area contributed by atoms with Crippen LogP contribution in [0, 0.1) is 0 Å². The molecule has 5 heteroatoms. The van der Waals surface area contributed by atoms with Crippen LogP contribution in [-0.4, -0.2) is 11.3 Å². The molecule has 14 heavy (non-hydrogen) atoms. The molecule has 0 aliphatic heterocycles. The Hall–Kier alpha value is -2.17. The Labute approximate surface area is 78.2 Å². The predicted octanol–water partition coefficient (Wildman–Crippen LogP) is 0.583. The molecule has 70 valence electrons. The molecule has 0 spiro atoms. The average Bonchev–Trinajstić information content (AvgIpc) is 2.16. The van der Waals surface area contributed by atoms with Gasteiger partial charge in [0.1, 0.15) is 5.52 Å². The second kappa shape index (κ2) is 2.95. The number of aldehydes is 1. The zero-order valence-corrected chi connectivity index (χ0v) is 7.06. The number of carbonyl (C=O) groups excluding carboxylic acids is 1. The highest BCUT2D eigenvalue weighted by Crippen LogP contribution is 2.13. The number of fused-ring (bicyclic) bond motifs is 1. The van der Waals surface area contributed by atoms with Gasteiger partial charge in [-0.1, -0.05) is 0 Å². The zero-order chi connectivity index (χ0) is 10.1. The fourth-order valence-electron chi connectivity index (χ4n) is 1.11. The molecule has 0 aliphatic carbocycles. The fraction of sp³-hybridized carbons (Fsp3) is 0. The molecule has 0 saturated carbocycles. The summed E-state index contributed by atoms with van der Waals surface area (Å²) < 4.78 is 4.84. The van der Waals surface area contributed by atoms with E-state index in [0.717, 1.165) is 0 Å². The number of hydrogen-bond acceptors (Lipinski definition) is 5. The van der Waals surface area contributed by atoms with E-state index in [4.69, 9.17) is 10.2 Å². The first-order chi connectivity index (χ1) is 6.70. The third-order valence-electron chi connectivity index (χ3n) is 1.75. The lowest BCUT2D eigenvalue weighted by molar-refractivity contribution is 0.111.